The van der Waals surface area contributed by atoms with Gasteiger partial charge < -0.3 is 5.32 Å². The fourth-order valence-corrected chi connectivity index (χ4v) is 2.40. The Morgan fingerprint density at radius 3 is 2.76 bits per heavy atom. The van der Waals surface area contributed by atoms with Gasteiger partial charge in [0.05, 0.1) is 23.9 Å². The maximum absolute atomic E-state index is 14.1. The summed E-state index contributed by atoms with van der Waals surface area (Å²) in [5.74, 6) is -0.350. The van der Waals surface area contributed by atoms with Crippen LogP contribution in [0.4, 0.5) is 10.1 Å². The van der Waals surface area contributed by atoms with Crippen LogP contribution in [0.5, 0.6) is 0 Å². The molecule has 0 aliphatic carbocycles. The molecule has 0 radical (unpaired) electrons. The number of nitriles is 1. The lowest BCUT2D eigenvalue weighted by Gasteiger charge is -2.11. The quantitative estimate of drug-likeness (QED) is 0.821. The molecule has 0 fully saturated rings. The van der Waals surface area contributed by atoms with E-state index in [2.05, 4.69) is 16.4 Å². The SMILES string of the molecule is N#Cc1ccc2c(c1)C(c1ccccc1F)=NCC(=S)N2. The molecule has 21 heavy (non-hydrogen) atoms. The molecule has 0 amide bonds. The maximum Gasteiger partial charge on any atom is 0.132 e. The highest BCUT2D eigenvalue weighted by Gasteiger charge is 2.19. The summed E-state index contributed by atoms with van der Waals surface area (Å²) < 4.78 is 14.1. The van der Waals surface area contributed by atoms with Crippen molar-refractivity contribution in [2.24, 2.45) is 4.99 Å². The first kappa shape index (κ1) is 13.4. The van der Waals surface area contributed by atoms with E-state index in [0.717, 1.165) is 5.69 Å². The minimum absolute atomic E-state index is 0.287. The molecule has 1 aliphatic rings. The van der Waals surface area contributed by atoms with E-state index in [1.807, 2.05) is 0 Å². The van der Waals surface area contributed by atoms with Gasteiger partial charge in [0.15, 0.2) is 0 Å². The van der Waals surface area contributed by atoms with Crippen LogP contribution in [0.3, 0.4) is 0 Å². The summed E-state index contributed by atoms with van der Waals surface area (Å²) in [5.41, 5.74) is 2.82. The Balaban J connectivity index is 2.24. The number of nitrogens with one attached hydrogen (secondary N) is 1. The minimum atomic E-state index is -0.350. The molecule has 0 saturated carbocycles. The number of benzene rings is 2. The first-order chi connectivity index (χ1) is 10.2. The Morgan fingerprint density at radius 1 is 1.19 bits per heavy atom. The van der Waals surface area contributed by atoms with Crippen molar-refractivity contribution in [3.05, 3.63) is 65.0 Å². The normalized spacial score (nSPS) is 13.5. The van der Waals surface area contributed by atoms with E-state index < -0.39 is 0 Å². The average Bonchev–Trinajstić information content (AvgIpc) is 2.65. The highest BCUT2D eigenvalue weighted by Crippen LogP contribution is 2.25. The minimum Gasteiger partial charge on any atom is -0.348 e. The number of halogens is 1. The number of nitrogens with zero attached hydrogens (tertiary/aromatic N) is 2. The van der Waals surface area contributed by atoms with Crippen molar-refractivity contribution in [3.8, 4) is 6.07 Å². The van der Waals surface area contributed by atoms with E-state index in [0.29, 0.717) is 27.4 Å². The van der Waals surface area contributed by atoms with E-state index in [4.69, 9.17) is 17.5 Å². The van der Waals surface area contributed by atoms with Crippen LogP contribution in [-0.2, 0) is 0 Å². The second-order valence-electron chi connectivity index (χ2n) is 4.57. The van der Waals surface area contributed by atoms with Gasteiger partial charge in [0.2, 0.25) is 0 Å². The molecule has 2 aromatic carbocycles. The number of hydrogen-bond donors (Lipinski definition) is 1. The molecule has 5 heteroatoms. The molecule has 0 bridgehead atoms. The zero-order valence-corrected chi connectivity index (χ0v) is 11.7. The van der Waals surface area contributed by atoms with Crippen LogP contribution < -0.4 is 5.32 Å². The monoisotopic (exact) mass is 295 g/mol. The third kappa shape index (κ3) is 2.54. The van der Waals surface area contributed by atoms with Crippen LogP contribution >= 0.6 is 12.2 Å². The second kappa shape index (κ2) is 5.43. The summed E-state index contributed by atoms with van der Waals surface area (Å²) in [5, 5.41) is 12.1. The lowest BCUT2D eigenvalue weighted by Crippen LogP contribution is -2.11. The zero-order chi connectivity index (χ0) is 14.8. The number of rotatable bonds is 1. The van der Waals surface area contributed by atoms with E-state index in [1.165, 1.54) is 6.07 Å². The lowest BCUT2D eigenvalue weighted by molar-refractivity contribution is 0.625. The summed E-state index contributed by atoms with van der Waals surface area (Å²) in [4.78, 5) is 4.98. The number of benzodiazepines with no additional fused rings is 1. The smallest absolute Gasteiger partial charge is 0.132 e. The number of hydrogen-bond acceptors (Lipinski definition) is 3. The Labute approximate surface area is 126 Å². The molecule has 102 valence electrons. The molecule has 1 aliphatic heterocycles. The van der Waals surface area contributed by atoms with Crippen LogP contribution in [0.25, 0.3) is 0 Å². The molecule has 1 N–H and O–H groups in total. The molecular formula is C16H10FN3S. The van der Waals surface area contributed by atoms with E-state index >= 15 is 0 Å². The topological polar surface area (TPSA) is 48.2 Å². The molecular weight excluding hydrogens is 285 g/mol. The van der Waals surface area contributed by atoms with E-state index in [-0.39, 0.29) is 12.4 Å². The molecule has 0 aromatic heterocycles. The van der Waals surface area contributed by atoms with Crippen molar-refractivity contribution < 1.29 is 4.39 Å². The molecule has 0 unspecified atom stereocenters. The fourth-order valence-electron chi connectivity index (χ4n) is 2.23. The first-order valence-electron chi connectivity index (χ1n) is 6.33. The fraction of sp³-hybridized carbons (Fsp3) is 0.0625. The Bertz CT molecular complexity index is 805. The van der Waals surface area contributed by atoms with Crippen molar-refractivity contribution >= 4 is 28.6 Å². The molecule has 3 nitrogen and oxygen atoms in total. The Morgan fingerprint density at radius 2 is 2.00 bits per heavy atom. The van der Waals surface area contributed by atoms with E-state index in [9.17, 15) is 4.39 Å². The number of thiocarbonyl (C=S) groups is 1. The highest BCUT2D eigenvalue weighted by molar-refractivity contribution is 7.80. The van der Waals surface area contributed by atoms with Gasteiger partial charge in [-0.15, -0.1) is 0 Å². The molecule has 0 spiro atoms. The van der Waals surface area contributed by atoms with E-state index in [1.54, 1.807) is 36.4 Å². The summed E-state index contributed by atoms with van der Waals surface area (Å²) in [6.07, 6.45) is 0. The van der Waals surface area contributed by atoms with Gasteiger partial charge >= 0.3 is 0 Å². The standard InChI is InChI=1S/C16H10FN3S/c17-13-4-2-1-3-11(13)16-12-7-10(8-18)5-6-14(12)20-15(21)9-19-16/h1-7H,9H2,(H,20,21). The number of aliphatic imine (C=N–C) groups is 1. The van der Waals surface area contributed by atoms with Crippen molar-refractivity contribution in [2.45, 2.75) is 0 Å². The van der Waals surface area contributed by atoms with Crippen molar-refractivity contribution in [3.63, 3.8) is 0 Å². The van der Waals surface area contributed by atoms with Gasteiger partial charge in [-0.2, -0.15) is 5.26 Å². The summed E-state index contributed by atoms with van der Waals surface area (Å²) in [6, 6.07) is 13.7. The predicted octanol–water partition coefficient (Wildman–Crippen LogP) is 3.29. The van der Waals surface area contributed by atoms with Crippen LogP contribution in [0.2, 0.25) is 0 Å². The largest absolute Gasteiger partial charge is 0.348 e. The van der Waals surface area contributed by atoms with Crippen LogP contribution in [0.1, 0.15) is 16.7 Å². The van der Waals surface area contributed by atoms with Gasteiger partial charge in [-0.25, -0.2) is 4.39 Å². The molecule has 0 atom stereocenters. The average molecular weight is 295 g/mol. The zero-order valence-electron chi connectivity index (χ0n) is 10.9. The Hall–Kier alpha value is -2.58. The predicted molar refractivity (Wildman–Crippen MR) is 84.3 cm³/mol. The van der Waals surface area contributed by atoms with Crippen LogP contribution in [0, 0.1) is 17.1 Å². The van der Waals surface area contributed by atoms with Gasteiger partial charge in [0, 0.05) is 16.8 Å². The van der Waals surface area contributed by atoms with Crippen LogP contribution in [0.15, 0.2) is 47.5 Å². The lowest BCUT2D eigenvalue weighted by atomic mass is 9.98. The van der Waals surface area contributed by atoms with Crippen molar-refractivity contribution in [1.29, 1.82) is 5.26 Å². The molecule has 2 aromatic rings. The van der Waals surface area contributed by atoms with Gasteiger partial charge in [-0.05, 0) is 30.3 Å². The van der Waals surface area contributed by atoms with Gasteiger partial charge in [-0.1, -0.05) is 24.4 Å². The molecule has 0 saturated heterocycles. The van der Waals surface area contributed by atoms with Gasteiger partial charge in [0.1, 0.15) is 10.8 Å². The summed E-state index contributed by atoms with van der Waals surface area (Å²) in [6.45, 7) is 0.287. The third-order valence-electron chi connectivity index (χ3n) is 3.19. The highest BCUT2D eigenvalue weighted by atomic mass is 32.1. The maximum atomic E-state index is 14.1. The van der Waals surface area contributed by atoms with Gasteiger partial charge in [0.25, 0.3) is 0 Å². The van der Waals surface area contributed by atoms with Gasteiger partial charge in [-0.3, -0.25) is 4.99 Å². The second-order valence-corrected chi connectivity index (χ2v) is 5.06. The summed E-state index contributed by atoms with van der Waals surface area (Å²) in [7, 11) is 0. The Kier molecular flexibility index (Phi) is 3.46. The van der Waals surface area contributed by atoms with Crippen molar-refractivity contribution in [1.82, 2.24) is 0 Å². The summed E-state index contributed by atoms with van der Waals surface area (Å²) >= 11 is 5.19. The third-order valence-corrected chi connectivity index (χ3v) is 3.42. The van der Waals surface area contributed by atoms with Crippen LogP contribution in [-0.4, -0.2) is 17.2 Å². The van der Waals surface area contributed by atoms with Crippen molar-refractivity contribution in [2.75, 3.05) is 11.9 Å². The number of fused-ring (bicyclic) bond motifs is 1. The first-order valence-corrected chi connectivity index (χ1v) is 6.73. The molecule has 3 rings (SSSR count). The molecule has 1 heterocycles. The number of anilines is 1.